The molecule has 1 saturated heterocycles. The molecule has 2 heterocycles. The number of carboxylic acids is 1. The maximum Gasteiger partial charge on any atom is 0.326 e. The van der Waals surface area contributed by atoms with Crippen LogP contribution in [0.15, 0.2) is 10.3 Å². The third kappa shape index (κ3) is 2.96. The van der Waals surface area contributed by atoms with Gasteiger partial charge in [-0.3, -0.25) is 4.79 Å². The zero-order valence-electron chi connectivity index (χ0n) is 13.3. The van der Waals surface area contributed by atoms with E-state index in [0.717, 1.165) is 37.0 Å². The lowest BCUT2D eigenvalue weighted by Crippen LogP contribution is -2.46. The number of carbonyl (C=O) groups excluding carboxylic acids is 1. The second-order valence-electron chi connectivity index (χ2n) is 6.54. The van der Waals surface area contributed by atoms with Crippen molar-refractivity contribution >= 4 is 33.2 Å². The van der Waals surface area contributed by atoms with Gasteiger partial charge in [0, 0.05) is 6.04 Å². The first-order valence-electron chi connectivity index (χ1n) is 7.89. The minimum atomic E-state index is -3.88. The number of primary sulfonamides is 1. The Morgan fingerprint density at radius 3 is 2.58 bits per heavy atom. The van der Waals surface area contributed by atoms with Crippen molar-refractivity contribution in [3.63, 3.8) is 0 Å². The Labute approximate surface area is 144 Å². The summed E-state index contributed by atoms with van der Waals surface area (Å²) in [5.41, 5.74) is 0.512. The van der Waals surface area contributed by atoms with Gasteiger partial charge in [0.25, 0.3) is 5.91 Å². The second kappa shape index (κ2) is 6.12. The fourth-order valence-electron chi connectivity index (χ4n) is 3.90. The van der Waals surface area contributed by atoms with Crippen molar-refractivity contribution in [1.82, 2.24) is 4.90 Å². The molecule has 1 amide bonds. The maximum atomic E-state index is 13.0. The molecule has 132 valence electrons. The largest absolute Gasteiger partial charge is 0.480 e. The first kappa shape index (κ1) is 17.4. The molecule has 1 aliphatic carbocycles. The van der Waals surface area contributed by atoms with Gasteiger partial charge in [0.2, 0.25) is 10.0 Å². The number of nitrogens with zero attached hydrogens (tertiary/aromatic N) is 1. The molecule has 1 aromatic heterocycles. The highest BCUT2D eigenvalue weighted by molar-refractivity contribution is 7.91. The van der Waals surface area contributed by atoms with Gasteiger partial charge in [-0.2, -0.15) is 0 Å². The normalized spacial score (nSPS) is 27.1. The molecule has 2 fully saturated rings. The van der Waals surface area contributed by atoms with Crippen LogP contribution < -0.4 is 5.14 Å². The van der Waals surface area contributed by atoms with Crippen LogP contribution in [-0.2, 0) is 14.8 Å². The zero-order chi connectivity index (χ0) is 17.6. The number of fused-ring (bicyclic) bond motifs is 1. The lowest BCUT2D eigenvalue weighted by atomic mass is 9.84. The lowest BCUT2D eigenvalue weighted by Gasteiger charge is -2.32. The third-order valence-electron chi connectivity index (χ3n) is 4.98. The molecule has 2 aliphatic rings. The summed E-state index contributed by atoms with van der Waals surface area (Å²) < 4.78 is 22.9. The maximum absolute atomic E-state index is 13.0. The quantitative estimate of drug-likeness (QED) is 0.835. The summed E-state index contributed by atoms with van der Waals surface area (Å²) in [4.78, 5) is 26.4. The molecule has 7 nitrogen and oxygen atoms in total. The number of likely N-dealkylation sites (tertiary alicyclic amines) is 1. The third-order valence-corrected chi connectivity index (χ3v) is 7.62. The van der Waals surface area contributed by atoms with Crippen LogP contribution in [0.4, 0.5) is 0 Å². The Morgan fingerprint density at radius 1 is 1.33 bits per heavy atom. The SMILES string of the molecule is Cc1cc(S(N)(=O)=O)sc1C(=O)N1C(C(=O)O)CC2CCCCC21. The Bertz CT molecular complexity index is 786. The average molecular weight is 372 g/mol. The van der Waals surface area contributed by atoms with Crippen molar-refractivity contribution in [2.45, 2.75) is 55.3 Å². The van der Waals surface area contributed by atoms with Gasteiger partial charge in [0.15, 0.2) is 0 Å². The number of thiophene rings is 1. The van der Waals surface area contributed by atoms with E-state index in [-0.39, 0.29) is 21.0 Å². The van der Waals surface area contributed by atoms with E-state index in [1.165, 1.54) is 11.0 Å². The monoisotopic (exact) mass is 372 g/mol. The molecule has 1 aromatic rings. The van der Waals surface area contributed by atoms with Crippen LogP contribution in [0.2, 0.25) is 0 Å². The Hall–Kier alpha value is -1.45. The molecular weight excluding hydrogens is 352 g/mol. The molecule has 3 atom stereocenters. The molecule has 0 spiro atoms. The van der Waals surface area contributed by atoms with Crippen LogP contribution in [-0.4, -0.2) is 42.4 Å². The first-order valence-corrected chi connectivity index (χ1v) is 10.2. The smallest absolute Gasteiger partial charge is 0.326 e. The zero-order valence-corrected chi connectivity index (χ0v) is 14.9. The molecule has 3 N–H and O–H groups in total. The van der Waals surface area contributed by atoms with E-state index in [1.807, 2.05) is 0 Å². The summed E-state index contributed by atoms with van der Waals surface area (Å²) in [5.74, 6) is -1.19. The summed E-state index contributed by atoms with van der Waals surface area (Å²) in [7, 11) is -3.88. The minimum Gasteiger partial charge on any atom is -0.480 e. The molecule has 24 heavy (non-hydrogen) atoms. The van der Waals surface area contributed by atoms with Crippen LogP contribution >= 0.6 is 11.3 Å². The van der Waals surface area contributed by atoms with Gasteiger partial charge >= 0.3 is 5.97 Å². The minimum absolute atomic E-state index is 0.0744. The predicted molar refractivity (Wildman–Crippen MR) is 88.4 cm³/mol. The van der Waals surface area contributed by atoms with Gasteiger partial charge in [-0.1, -0.05) is 12.8 Å². The van der Waals surface area contributed by atoms with Crippen molar-refractivity contribution in [1.29, 1.82) is 0 Å². The van der Waals surface area contributed by atoms with Crippen molar-refractivity contribution in [3.8, 4) is 0 Å². The molecule has 1 aliphatic heterocycles. The molecule has 1 saturated carbocycles. The van der Waals surface area contributed by atoms with E-state index >= 15 is 0 Å². The molecule has 0 aromatic carbocycles. The molecular formula is C15H20N2O5S2. The molecule has 3 rings (SSSR count). The fraction of sp³-hybridized carbons (Fsp3) is 0.600. The van der Waals surface area contributed by atoms with Gasteiger partial charge in [-0.05, 0) is 43.7 Å². The van der Waals surface area contributed by atoms with Gasteiger partial charge in [-0.15, -0.1) is 11.3 Å². The van der Waals surface area contributed by atoms with Gasteiger partial charge in [0.05, 0.1) is 4.88 Å². The highest BCUT2D eigenvalue weighted by atomic mass is 32.2. The average Bonchev–Trinajstić information content (AvgIpc) is 3.07. The number of amides is 1. The summed E-state index contributed by atoms with van der Waals surface area (Å²) in [6, 6.07) is 0.453. The van der Waals surface area contributed by atoms with Crippen LogP contribution in [0.5, 0.6) is 0 Å². The Morgan fingerprint density at radius 2 is 2.00 bits per heavy atom. The van der Waals surface area contributed by atoms with Gasteiger partial charge in [0.1, 0.15) is 10.3 Å². The number of sulfonamides is 1. The molecule has 0 radical (unpaired) electrons. The van der Waals surface area contributed by atoms with Gasteiger partial charge < -0.3 is 10.0 Å². The van der Waals surface area contributed by atoms with Crippen molar-refractivity contribution in [2.75, 3.05) is 0 Å². The lowest BCUT2D eigenvalue weighted by molar-refractivity contribution is -0.141. The van der Waals surface area contributed by atoms with E-state index in [9.17, 15) is 23.1 Å². The molecule has 0 bridgehead atoms. The fourth-order valence-corrected chi connectivity index (χ4v) is 5.80. The number of hydrogen-bond acceptors (Lipinski definition) is 5. The summed E-state index contributed by atoms with van der Waals surface area (Å²) in [5, 5.41) is 14.7. The summed E-state index contributed by atoms with van der Waals surface area (Å²) in [6.07, 6.45) is 4.24. The highest BCUT2D eigenvalue weighted by Gasteiger charge is 2.48. The number of carboxylic acid groups (broad SMARTS) is 1. The van der Waals surface area contributed by atoms with Crippen LogP contribution in [0.25, 0.3) is 0 Å². The van der Waals surface area contributed by atoms with E-state index in [1.54, 1.807) is 6.92 Å². The van der Waals surface area contributed by atoms with Crippen molar-refractivity contribution in [2.24, 2.45) is 11.1 Å². The topological polar surface area (TPSA) is 118 Å². The second-order valence-corrected chi connectivity index (χ2v) is 9.38. The first-order chi connectivity index (χ1) is 11.2. The van der Waals surface area contributed by atoms with Crippen LogP contribution in [0.1, 0.15) is 47.3 Å². The Balaban J connectivity index is 1.98. The number of aryl methyl sites for hydroxylation is 1. The van der Waals surface area contributed by atoms with Crippen molar-refractivity contribution < 1.29 is 23.1 Å². The van der Waals surface area contributed by atoms with E-state index in [4.69, 9.17) is 5.14 Å². The van der Waals surface area contributed by atoms with E-state index in [0.29, 0.717) is 12.0 Å². The number of hydrogen-bond donors (Lipinski definition) is 2. The predicted octanol–water partition coefficient (Wildman–Crippen LogP) is 1.56. The highest BCUT2D eigenvalue weighted by Crippen LogP contribution is 2.41. The number of rotatable bonds is 3. The van der Waals surface area contributed by atoms with E-state index < -0.39 is 27.9 Å². The van der Waals surface area contributed by atoms with Crippen LogP contribution in [0, 0.1) is 12.8 Å². The summed E-state index contributed by atoms with van der Waals surface area (Å²) in [6.45, 7) is 1.64. The summed E-state index contributed by atoms with van der Waals surface area (Å²) >= 11 is 0.817. The molecule has 3 unspecified atom stereocenters. The number of aliphatic carboxylic acids is 1. The standard InChI is InChI=1S/C15H20N2O5S2/c1-8-6-12(24(16,21)22)23-13(8)14(18)17-10-5-3-2-4-9(10)7-11(17)15(19)20/h6,9-11H,2-5,7H2,1H3,(H,19,20)(H2,16,21,22). The Kier molecular flexibility index (Phi) is 4.43. The number of nitrogens with two attached hydrogens (primary N) is 1. The van der Waals surface area contributed by atoms with Crippen LogP contribution in [0.3, 0.4) is 0 Å². The molecule has 9 heteroatoms. The van der Waals surface area contributed by atoms with Crippen molar-refractivity contribution in [3.05, 3.63) is 16.5 Å². The van der Waals surface area contributed by atoms with Gasteiger partial charge in [-0.25, -0.2) is 18.4 Å². The van der Waals surface area contributed by atoms with E-state index in [2.05, 4.69) is 0 Å². The number of carbonyl (C=O) groups is 2.